The molecule has 2 aromatic carbocycles. The monoisotopic (exact) mass is 368 g/mol. The number of carbonyl (C=O) groups is 1. The van der Waals surface area contributed by atoms with Crippen LogP contribution < -0.4 is 10.1 Å². The lowest BCUT2D eigenvalue weighted by atomic mass is 10.2. The van der Waals surface area contributed by atoms with Crippen molar-refractivity contribution < 1.29 is 9.53 Å². The average Bonchev–Trinajstić information content (AvgIpc) is 3.02. The molecule has 0 aliphatic rings. The van der Waals surface area contributed by atoms with Gasteiger partial charge in [0.15, 0.2) is 11.0 Å². The molecular formula is C19H20N4O2S. The normalized spacial score (nSPS) is 11.8. The van der Waals surface area contributed by atoms with Gasteiger partial charge in [0.25, 0.3) is 0 Å². The number of amides is 1. The van der Waals surface area contributed by atoms with Gasteiger partial charge < -0.3 is 14.6 Å². The molecule has 0 radical (unpaired) electrons. The molecule has 134 valence electrons. The number of rotatable bonds is 6. The van der Waals surface area contributed by atoms with Gasteiger partial charge in [0.2, 0.25) is 5.91 Å². The van der Waals surface area contributed by atoms with Gasteiger partial charge in [-0.15, -0.1) is 10.2 Å². The molecule has 3 rings (SSSR count). The van der Waals surface area contributed by atoms with Crippen LogP contribution in [-0.4, -0.2) is 33.0 Å². The Morgan fingerprint density at radius 3 is 2.54 bits per heavy atom. The van der Waals surface area contributed by atoms with Crippen molar-refractivity contribution in [3.05, 3.63) is 54.6 Å². The van der Waals surface area contributed by atoms with Gasteiger partial charge in [-0.1, -0.05) is 42.1 Å². The maximum absolute atomic E-state index is 12.4. The summed E-state index contributed by atoms with van der Waals surface area (Å²) in [5.74, 6) is 1.35. The Labute approximate surface area is 156 Å². The van der Waals surface area contributed by atoms with Gasteiger partial charge in [-0.2, -0.15) is 0 Å². The molecule has 1 heterocycles. The first-order chi connectivity index (χ1) is 12.6. The summed E-state index contributed by atoms with van der Waals surface area (Å²) in [6.45, 7) is 1.85. The molecule has 0 saturated carbocycles. The molecule has 1 unspecified atom stereocenters. The van der Waals surface area contributed by atoms with E-state index in [-0.39, 0.29) is 11.2 Å². The van der Waals surface area contributed by atoms with E-state index in [0.29, 0.717) is 11.0 Å². The third kappa shape index (κ3) is 3.88. The lowest BCUT2D eigenvalue weighted by molar-refractivity contribution is -0.115. The van der Waals surface area contributed by atoms with Crippen molar-refractivity contribution in [2.45, 2.75) is 17.3 Å². The van der Waals surface area contributed by atoms with Crippen molar-refractivity contribution in [1.82, 2.24) is 14.8 Å². The highest BCUT2D eigenvalue weighted by molar-refractivity contribution is 8.00. The third-order valence-electron chi connectivity index (χ3n) is 3.88. The first-order valence-electron chi connectivity index (χ1n) is 8.15. The van der Waals surface area contributed by atoms with E-state index in [9.17, 15) is 4.79 Å². The van der Waals surface area contributed by atoms with Gasteiger partial charge in [0.1, 0.15) is 5.75 Å². The molecule has 0 spiro atoms. The number of anilines is 1. The number of carbonyl (C=O) groups excluding carboxylic acids is 1. The quantitative estimate of drug-likeness (QED) is 0.673. The van der Waals surface area contributed by atoms with Crippen LogP contribution >= 0.6 is 11.8 Å². The average molecular weight is 368 g/mol. The number of para-hydroxylation sites is 2. The molecule has 7 heteroatoms. The van der Waals surface area contributed by atoms with E-state index >= 15 is 0 Å². The minimum atomic E-state index is -0.316. The zero-order valence-electron chi connectivity index (χ0n) is 14.8. The van der Waals surface area contributed by atoms with E-state index in [0.717, 1.165) is 17.0 Å². The number of nitrogens with one attached hydrogen (secondary N) is 1. The Hall–Kier alpha value is -2.80. The Balaban J connectivity index is 1.75. The van der Waals surface area contributed by atoms with Crippen molar-refractivity contribution in [3.8, 4) is 17.1 Å². The van der Waals surface area contributed by atoms with Crippen LogP contribution in [0, 0.1) is 0 Å². The fourth-order valence-corrected chi connectivity index (χ4v) is 3.27. The van der Waals surface area contributed by atoms with Crippen LogP contribution in [-0.2, 0) is 11.8 Å². The number of hydrogen-bond donors (Lipinski definition) is 1. The number of aromatic nitrogens is 3. The highest BCUT2D eigenvalue weighted by Gasteiger charge is 2.20. The first-order valence-corrected chi connectivity index (χ1v) is 9.03. The second-order valence-corrected chi connectivity index (χ2v) is 6.99. The SMILES string of the molecule is COc1ccccc1-c1nnc(SC(C)C(=O)Nc2ccccc2)n1C. The van der Waals surface area contributed by atoms with Gasteiger partial charge >= 0.3 is 0 Å². The Morgan fingerprint density at radius 2 is 1.81 bits per heavy atom. The largest absolute Gasteiger partial charge is 0.496 e. The summed E-state index contributed by atoms with van der Waals surface area (Å²) in [5.41, 5.74) is 1.64. The number of hydrogen-bond acceptors (Lipinski definition) is 5. The number of methoxy groups -OCH3 is 1. The molecule has 0 aliphatic heterocycles. The van der Waals surface area contributed by atoms with Crippen LogP contribution in [0.4, 0.5) is 5.69 Å². The summed E-state index contributed by atoms with van der Waals surface area (Å²) in [7, 11) is 3.51. The summed E-state index contributed by atoms with van der Waals surface area (Å²) in [6, 6.07) is 17.0. The number of benzene rings is 2. The van der Waals surface area contributed by atoms with E-state index in [1.54, 1.807) is 7.11 Å². The van der Waals surface area contributed by atoms with Crippen molar-refractivity contribution >= 4 is 23.4 Å². The molecule has 1 atom stereocenters. The van der Waals surface area contributed by atoms with Crippen LogP contribution in [0.5, 0.6) is 5.75 Å². The lowest BCUT2D eigenvalue weighted by Gasteiger charge is -2.12. The summed E-state index contributed by atoms with van der Waals surface area (Å²) in [4.78, 5) is 12.4. The fraction of sp³-hybridized carbons (Fsp3) is 0.211. The first kappa shape index (κ1) is 18.0. The highest BCUT2D eigenvalue weighted by atomic mass is 32.2. The molecular weight excluding hydrogens is 348 g/mol. The number of thioether (sulfide) groups is 1. The molecule has 1 amide bonds. The molecule has 1 aromatic heterocycles. The molecule has 26 heavy (non-hydrogen) atoms. The fourth-order valence-electron chi connectivity index (χ4n) is 2.46. The Bertz CT molecular complexity index is 896. The number of ether oxygens (including phenoxy) is 1. The molecule has 0 bridgehead atoms. The zero-order valence-corrected chi connectivity index (χ0v) is 15.7. The smallest absolute Gasteiger partial charge is 0.237 e. The van der Waals surface area contributed by atoms with Crippen LogP contribution in [0.1, 0.15) is 6.92 Å². The van der Waals surface area contributed by atoms with Crippen molar-refractivity contribution in [1.29, 1.82) is 0 Å². The molecule has 0 saturated heterocycles. The second-order valence-electron chi connectivity index (χ2n) is 5.68. The highest BCUT2D eigenvalue weighted by Crippen LogP contribution is 2.31. The molecule has 1 N–H and O–H groups in total. The maximum atomic E-state index is 12.4. The lowest BCUT2D eigenvalue weighted by Crippen LogP contribution is -2.22. The van der Waals surface area contributed by atoms with Gasteiger partial charge in [-0.05, 0) is 31.2 Å². The predicted octanol–water partition coefficient (Wildman–Crippen LogP) is 3.61. The Morgan fingerprint density at radius 1 is 1.12 bits per heavy atom. The predicted molar refractivity (Wildman–Crippen MR) is 103 cm³/mol. The van der Waals surface area contributed by atoms with Crippen molar-refractivity contribution in [2.24, 2.45) is 7.05 Å². The Kier molecular flexibility index (Phi) is 5.58. The summed E-state index contributed by atoms with van der Waals surface area (Å²) < 4.78 is 7.27. The topological polar surface area (TPSA) is 69.0 Å². The van der Waals surface area contributed by atoms with E-state index in [1.807, 2.05) is 73.1 Å². The van der Waals surface area contributed by atoms with Crippen LogP contribution in [0.3, 0.4) is 0 Å². The van der Waals surface area contributed by atoms with Crippen LogP contribution in [0.25, 0.3) is 11.4 Å². The van der Waals surface area contributed by atoms with E-state index in [1.165, 1.54) is 11.8 Å². The van der Waals surface area contributed by atoms with Crippen molar-refractivity contribution in [3.63, 3.8) is 0 Å². The van der Waals surface area contributed by atoms with Crippen LogP contribution in [0.2, 0.25) is 0 Å². The summed E-state index contributed by atoms with van der Waals surface area (Å²) >= 11 is 1.36. The molecule has 0 aliphatic carbocycles. The maximum Gasteiger partial charge on any atom is 0.237 e. The minimum Gasteiger partial charge on any atom is -0.496 e. The number of nitrogens with zero attached hydrogens (tertiary/aromatic N) is 3. The standard InChI is InChI=1S/C19H20N4O2S/c1-13(18(24)20-14-9-5-4-6-10-14)26-19-22-21-17(23(19)2)15-11-7-8-12-16(15)25-3/h4-13H,1-3H3,(H,20,24). The van der Waals surface area contributed by atoms with Gasteiger partial charge in [-0.3, -0.25) is 4.79 Å². The molecule has 0 fully saturated rings. The second kappa shape index (κ2) is 8.05. The van der Waals surface area contributed by atoms with E-state index in [2.05, 4.69) is 15.5 Å². The minimum absolute atomic E-state index is 0.0805. The van der Waals surface area contributed by atoms with Crippen molar-refractivity contribution in [2.75, 3.05) is 12.4 Å². The van der Waals surface area contributed by atoms with Crippen LogP contribution in [0.15, 0.2) is 59.8 Å². The van der Waals surface area contributed by atoms with E-state index in [4.69, 9.17) is 4.74 Å². The zero-order chi connectivity index (χ0) is 18.5. The van der Waals surface area contributed by atoms with Gasteiger partial charge in [0, 0.05) is 12.7 Å². The molecule has 6 nitrogen and oxygen atoms in total. The third-order valence-corrected chi connectivity index (χ3v) is 5.01. The summed E-state index contributed by atoms with van der Waals surface area (Å²) in [6.07, 6.45) is 0. The van der Waals surface area contributed by atoms with Gasteiger partial charge in [0.05, 0.1) is 17.9 Å². The van der Waals surface area contributed by atoms with E-state index < -0.39 is 0 Å². The van der Waals surface area contributed by atoms with Gasteiger partial charge in [-0.25, -0.2) is 0 Å². The summed E-state index contributed by atoms with van der Waals surface area (Å²) in [5, 5.41) is 11.8. The molecule has 3 aromatic rings.